The Balaban J connectivity index is 1.87. The maximum atomic E-state index is 13.0. The quantitative estimate of drug-likeness (QED) is 0.691. The number of aryl methyl sites for hydroxylation is 2. The van der Waals surface area contributed by atoms with Crippen molar-refractivity contribution in [2.45, 2.75) is 18.4 Å². The van der Waals surface area contributed by atoms with Crippen molar-refractivity contribution in [1.82, 2.24) is 15.1 Å². The standard InChI is InChI=1S/C20H22N4O3S/c1-15-9-11-17(12-10-15)28(26,27)24(3)20-18(14-22-23(20)2)19(25)21-13-16-7-5-4-6-8-16/h4-12,14H,13H2,1-3H3,(H,21,25). The molecule has 3 aromatic rings. The molecule has 0 saturated carbocycles. The molecule has 0 aliphatic rings. The van der Waals surface area contributed by atoms with E-state index in [2.05, 4.69) is 10.4 Å². The minimum absolute atomic E-state index is 0.150. The molecule has 0 bridgehead atoms. The van der Waals surface area contributed by atoms with Gasteiger partial charge in [0.15, 0.2) is 5.82 Å². The van der Waals surface area contributed by atoms with Gasteiger partial charge in [-0.3, -0.25) is 13.8 Å². The van der Waals surface area contributed by atoms with Gasteiger partial charge in [-0.25, -0.2) is 8.42 Å². The van der Waals surface area contributed by atoms with Gasteiger partial charge in [-0.15, -0.1) is 0 Å². The van der Waals surface area contributed by atoms with Crippen molar-refractivity contribution >= 4 is 21.7 Å². The predicted octanol–water partition coefficient (Wildman–Crippen LogP) is 2.48. The highest BCUT2D eigenvalue weighted by atomic mass is 32.2. The molecule has 1 amide bonds. The molecule has 0 spiro atoms. The topological polar surface area (TPSA) is 84.3 Å². The van der Waals surface area contributed by atoms with E-state index in [1.54, 1.807) is 31.3 Å². The number of carbonyl (C=O) groups excluding carboxylic acids is 1. The Morgan fingerprint density at radius 2 is 1.75 bits per heavy atom. The van der Waals surface area contributed by atoms with Crippen LogP contribution in [0.3, 0.4) is 0 Å². The summed E-state index contributed by atoms with van der Waals surface area (Å²) in [5.41, 5.74) is 2.10. The smallest absolute Gasteiger partial charge is 0.265 e. The second kappa shape index (κ2) is 7.85. The summed E-state index contributed by atoms with van der Waals surface area (Å²) < 4.78 is 28.5. The van der Waals surface area contributed by atoms with Gasteiger partial charge in [0.1, 0.15) is 5.56 Å². The van der Waals surface area contributed by atoms with Crippen molar-refractivity contribution in [1.29, 1.82) is 0 Å². The first-order chi connectivity index (χ1) is 13.3. The van der Waals surface area contributed by atoms with E-state index in [4.69, 9.17) is 0 Å². The number of hydrogen-bond donors (Lipinski definition) is 1. The molecule has 0 unspecified atom stereocenters. The molecule has 28 heavy (non-hydrogen) atoms. The van der Waals surface area contributed by atoms with Crippen LogP contribution in [0.2, 0.25) is 0 Å². The summed E-state index contributed by atoms with van der Waals surface area (Å²) in [7, 11) is -0.813. The van der Waals surface area contributed by atoms with Gasteiger partial charge in [0.2, 0.25) is 0 Å². The normalized spacial score (nSPS) is 11.2. The van der Waals surface area contributed by atoms with Gasteiger partial charge in [0.25, 0.3) is 15.9 Å². The molecule has 2 aromatic carbocycles. The van der Waals surface area contributed by atoms with E-state index in [1.165, 1.54) is 17.9 Å². The molecule has 146 valence electrons. The highest BCUT2D eigenvalue weighted by Crippen LogP contribution is 2.25. The molecule has 8 heteroatoms. The predicted molar refractivity (Wildman–Crippen MR) is 108 cm³/mol. The number of benzene rings is 2. The van der Waals surface area contributed by atoms with Gasteiger partial charge < -0.3 is 5.32 Å². The van der Waals surface area contributed by atoms with Crippen LogP contribution in [0.5, 0.6) is 0 Å². The Morgan fingerprint density at radius 3 is 2.39 bits per heavy atom. The highest BCUT2D eigenvalue weighted by Gasteiger charge is 2.28. The van der Waals surface area contributed by atoms with Crippen LogP contribution in [-0.2, 0) is 23.6 Å². The molecule has 0 aliphatic carbocycles. The molecular formula is C20H22N4O3S. The summed E-state index contributed by atoms with van der Waals surface area (Å²) in [5.74, 6) is -0.191. The first-order valence-corrected chi connectivity index (χ1v) is 10.1. The maximum absolute atomic E-state index is 13.0. The number of amides is 1. The number of hydrogen-bond acceptors (Lipinski definition) is 4. The summed E-state index contributed by atoms with van der Waals surface area (Å²) >= 11 is 0. The number of rotatable bonds is 6. The number of sulfonamides is 1. The van der Waals surface area contributed by atoms with E-state index in [1.807, 2.05) is 37.3 Å². The number of anilines is 1. The lowest BCUT2D eigenvalue weighted by Gasteiger charge is -2.21. The van der Waals surface area contributed by atoms with Crippen molar-refractivity contribution in [2.24, 2.45) is 7.05 Å². The second-order valence-corrected chi connectivity index (χ2v) is 8.43. The van der Waals surface area contributed by atoms with E-state index in [0.29, 0.717) is 6.54 Å². The van der Waals surface area contributed by atoms with Crippen molar-refractivity contribution in [2.75, 3.05) is 11.4 Å². The van der Waals surface area contributed by atoms with Gasteiger partial charge in [-0.2, -0.15) is 5.10 Å². The lowest BCUT2D eigenvalue weighted by molar-refractivity contribution is 0.0951. The first-order valence-electron chi connectivity index (χ1n) is 8.70. The van der Waals surface area contributed by atoms with E-state index < -0.39 is 15.9 Å². The average Bonchev–Trinajstić information content (AvgIpc) is 3.08. The van der Waals surface area contributed by atoms with Crippen LogP contribution in [-0.4, -0.2) is 31.2 Å². The lowest BCUT2D eigenvalue weighted by atomic mass is 10.2. The highest BCUT2D eigenvalue weighted by molar-refractivity contribution is 7.92. The Morgan fingerprint density at radius 1 is 1.11 bits per heavy atom. The number of aromatic nitrogens is 2. The van der Waals surface area contributed by atoms with Gasteiger partial charge in [-0.05, 0) is 24.6 Å². The molecule has 0 saturated heterocycles. The van der Waals surface area contributed by atoms with Gasteiger partial charge in [0.05, 0.1) is 11.1 Å². The van der Waals surface area contributed by atoms with Crippen molar-refractivity contribution < 1.29 is 13.2 Å². The molecule has 1 aromatic heterocycles. The van der Waals surface area contributed by atoms with Gasteiger partial charge in [-0.1, -0.05) is 48.0 Å². The maximum Gasteiger partial charge on any atom is 0.265 e. The van der Waals surface area contributed by atoms with Gasteiger partial charge in [0, 0.05) is 20.6 Å². The lowest BCUT2D eigenvalue weighted by Crippen LogP contribution is -2.31. The minimum atomic E-state index is -3.83. The molecule has 3 rings (SSSR count). The summed E-state index contributed by atoms with van der Waals surface area (Å²) in [5, 5.41) is 6.89. The van der Waals surface area contributed by atoms with Crippen molar-refractivity contribution in [3.63, 3.8) is 0 Å². The summed E-state index contributed by atoms with van der Waals surface area (Å²) in [4.78, 5) is 12.8. The molecule has 0 radical (unpaired) electrons. The number of carbonyl (C=O) groups is 1. The molecule has 7 nitrogen and oxygen atoms in total. The number of nitrogens with zero attached hydrogens (tertiary/aromatic N) is 3. The van der Waals surface area contributed by atoms with E-state index >= 15 is 0 Å². The zero-order chi connectivity index (χ0) is 20.3. The minimum Gasteiger partial charge on any atom is -0.348 e. The Labute approximate surface area is 164 Å². The second-order valence-electron chi connectivity index (χ2n) is 6.46. The largest absolute Gasteiger partial charge is 0.348 e. The molecule has 0 atom stereocenters. The third-order valence-electron chi connectivity index (χ3n) is 4.43. The fraction of sp³-hybridized carbons (Fsp3) is 0.200. The average molecular weight is 398 g/mol. The zero-order valence-corrected chi connectivity index (χ0v) is 16.8. The van der Waals surface area contributed by atoms with Crippen LogP contribution in [0, 0.1) is 6.92 Å². The van der Waals surface area contributed by atoms with E-state index in [-0.39, 0.29) is 16.3 Å². The molecule has 0 fully saturated rings. The summed E-state index contributed by atoms with van der Waals surface area (Å²) in [6.45, 7) is 2.22. The summed E-state index contributed by atoms with van der Waals surface area (Å²) in [6.07, 6.45) is 1.37. The van der Waals surface area contributed by atoms with Crippen LogP contribution < -0.4 is 9.62 Å². The van der Waals surface area contributed by atoms with E-state index in [0.717, 1.165) is 15.4 Å². The van der Waals surface area contributed by atoms with Crippen molar-refractivity contribution in [3.8, 4) is 0 Å². The van der Waals surface area contributed by atoms with Crippen molar-refractivity contribution in [3.05, 3.63) is 77.5 Å². The fourth-order valence-corrected chi connectivity index (χ4v) is 4.06. The number of nitrogens with one attached hydrogen (secondary N) is 1. The SMILES string of the molecule is Cc1ccc(S(=O)(=O)N(C)c2c(C(=O)NCc3ccccc3)cnn2C)cc1. The Kier molecular flexibility index (Phi) is 5.51. The molecular weight excluding hydrogens is 376 g/mol. The van der Waals surface area contributed by atoms with Crippen LogP contribution in [0.1, 0.15) is 21.5 Å². The van der Waals surface area contributed by atoms with Crippen LogP contribution in [0.4, 0.5) is 5.82 Å². The van der Waals surface area contributed by atoms with Crippen LogP contribution in [0.15, 0.2) is 65.7 Å². The van der Waals surface area contributed by atoms with E-state index in [9.17, 15) is 13.2 Å². The zero-order valence-electron chi connectivity index (χ0n) is 16.0. The molecule has 1 N–H and O–H groups in total. The Bertz CT molecular complexity index is 1070. The monoisotopic (exact) mass is 398 g/mol. The Hall–Kier alpha value is -3.13. The fourth-order valence-electron chi connectivity index (χ4n) is 2.82. The third kappa shape index (κ3) is 3.91. The van der Waals surface area contributed by atoms with Gasteiger partial charge >= 0.3 is 0 Å². The molecule has 0 aliphatic heterocycles. The summed E-state index contributed by atoms with van der Waals surface area (Å²) in [6, 6.07) is 16.0. The molecule has 1 heterocycles. The third-order valence-corrected chi connectivity index (χ3v) is 6.19. The van der Waals surface area contributed by atoms with Crippen LogP contribution >= 0.6 is 0 Å². The van der Waals surface area contributed by atoms with Crippen LogP contribution in [0.25, 0.3) is 0 Å². The first kappa shape index (κ1) is 19.6.